The van der Waals surface area contributed by atoms with Gasteiger partial charge in [-0.1, -0.05) is 35.9 Å². The normalized spacial score (nSPS) is 21.5. The van der Waals surface area contributed by atoms with Crippen LogP contribution in [0.5, 0.6) is 11.5 Å². The molecule has 1 amide bonds. The monoisotopic (exact) mass is 385 g/mol. The lowest BCUT2D eigenvalue weighted by Crippen LogP contribution is -2.39. The van der Waals surface area contributed by atoms with Crippen molar-refractivity contribution in [2.45, 2.75) is 5.25 Å². The van der Waals surface area contributed by atoms with Gasteiger partial charge in [0, 0.05) is 28.1 Å². The smallest absolute Gasteiger partial charge is 0.245 e. The fourth-order valence-corrected chi connectivity index (χ4v) is 4.54. The number of phenolic OH excluding ortho intramolecular Hbond substituents is 1. The molecule has 4 rings (SSSR count). The van der Waals surface area contributed by atoms with Crippen molar-refractivity contribution in [3.63, 3.8) is 0 Å². The molecule has 2 aromatic carbocycles. The van der Waals surface area contributed by atoms with E-state index < -0.39 is 0 Å². The number of thioether (sulfide) groups is 1. The van der Waals surface area contributed by atoms with Gasteiger partial charge in [0.05, 0.1) is 18.0 Å². The average molecular weight is 386 g/mol. The highest BCUT2D eigenvalue weighted by Gasteiger charge is 2.38. The summed E-state index contributed by atoms with van der Waals surface area (Å²) in [6.45, 7) is 0. The second-order valence-corrected chi connectivity index (χ2v) is 7.68. The van der Waals surface area contributed by atoms with Gasteiger partial charge < -0.3 is 9.84 Å². The SMILES string of the molecule is COc1cc(N2C=CC3C=C(c4ccc(Cl)cc4)SC3C2=O)ccc1O. The van der Waals surface area contributed by atoms with Crippen LogP contribution >= 0.6 is 23.4 Å². The number of nitrogens with zero attached hydrogens (tertiary/aromatic N) is 1. The molecule has 0 bridgehead atoms. The van der Waals surface area contributed by atoms with Crippen molar-refractivity contribution in [2.75, 3.05) is 12.0 Å². The Kier molecular flexibility index (Phi) is 4.42. The molecule has 0 saturated heterocycles. The number of allylic oxidation sites excluding steroid dienone is 2. The van der Waals surface area contributed by atoms with Crippen LogP contribution in [-0.2, 0) is 4.79 Å². The van der Waals surface area contributed by atoms with Crippen molar-refractivity contribution >= 4 is 39.9 Å². The Morgan fingerprint density at radius 1 is 1.19 bits per heavy atom. The van der Waals surface area contributed by atoms with Gasteiger partial charge in [0.2, 0.25) is 5.91 Å². The van der Waals surface area contributed by atoms with Crippen LogP contribution in [0.25, 0.3) is 4.91 Å². The van der Waals surface area contributed by atoms with Crippen LogP contribution in [0.4, 0.5) is 5.69 Å². The van der Waals surface area contributed by atoms with Gasteiger partial charge in [0.15, 0.2) is 11.5 Å². The van der Waals surface area contributed by atoms with Crippen molar-refractivity contribution in [3.05, 3.63) is 71.4 Å². The molecule has 6 heteroatoms. The minimum atomic E-state index is -0.203. The molecular weight excluding hydrogens is 370 g/mol. The molecule has 1 N–H and O–H groups in total. The zero-order valence-corrected chi connectivity index (χ0v) is 15.5. The first-order chi connectivity index (χ1) is 12.6. The summed E-state index contributed by atoms with van der Waals surface area (Å²) in [5.74, 6) is 0.457. The largest absolute Gasteiger partial charge is 0.504 e. The topological polar surface area (TPSA) is 49.8 Å². The lowest BCUT2D eigenvalue weighted by Gasteiger charge is -2.28. The summed E-state index contributed by atoms with van der Waals surface area (Å²) in [5.41, 5.74) is 1.73. The maximum absolute atomic E-state index is 13.0. The van der Waals surface area contributed by atoms with Crippen LogP contribution in [-0.4, -0.2) is 23.4 Å². The molecule has 0 saturated carbocycles. The third-order valence-electron chi connectivity index (χ3n) is 4.46. The van der Waals surface area contributed by atoms with Crippen molar-refractivity contribution in [3.8, 4) is 11.5 Å². The van der Waals surface area contributed by atoms with E-state index in [4.69, 9.17) is 16.3 Å². The summed E-state index contributed by atoms with van der Waals surface area (Å²) in [6.07, 6.45) is 5.94. The number of methoxy groups -OCH3 is 1. The van der Waals surface area contributed by atoms with Crippen LogP contribution in [0, 0.1) is 5.92 Å². The maximum atomic E-state index is 13.0. The van der Waals surface area contributed by atoms with Crippen molar-refractivity contribution < 1.29 is 14.6 Å². The molecule has 2 aliphatic rings. The summed E-state index contributed by atoms with van der Waals surface area (Å²) < 4.78 is 5.14. The van der Waals surface area contributed by atoms with Crippen molar-refractivity contribution in [2.24, 2.45) is 5.92 Å². The van der Waals surface area contributed by atoms with Gasteiger partial charge in [-0.2, -0.15) is 0 Å². The van der Waals surface area contributed by atoms with E-state index in [0.717, 1.165) is 10.5 Å². The van der Waals surface area contributed by atoms with Gasteiger partial charge in [-0.15, -0.1) is 11.8 Å². The number of anilines is 1. The van der Waals surface area contributed by atoms with E-state index in [-0.39, 0.29) is 22.8 Å². The number of hydrogen-bond donors (Lipinski definition) is 1. The zero-order valence-electron chi connectivity index (χ0n) is 13.9. The summed E-state index contributed by atoms with van der Waals surface area (Å²) in [4.78, 5) is 15.7. The molecule has 26 heavy (non-hydrogen) atoms. The Bertz CT molecular complexity index is 923. The molecule has 0 radical (unpaired) electrons. The number of halogens is 1. The Hall–Kier alpha value is -2.37. The van der Waals surface area contributed by atoms with Gasteiger partial charge in [0.25, 0.3) is 0 Å². The zero-order chi connectivity index (χ0) is 18.3. The van der Waals surface area contributed by atoms with Gasteiger partial charge >= 0.3 is 0 Å². The number of carbonyl (C=O) groups excluding carboxylic acids is 1. The molecule has 2 unspecified atom stereocenters. The predicted molar refractivity (Wildman–Crippen MR) is 106 cm³/mol. The number of aromatic hydroxyl groups is 1. The van der Waals surface area contributed by atoms with E-state index in [9.17, 15) is 9.90 Å². The Labute approximate surface area is 160 Å². The summed E-state index contributed by atoms with van der Waals surface area (Å²) in [5, 5.41) is 10.3. The minimum absolute atomic E-state index is 0.00968. The number of amides is 1. The van der Waals surface area contributed by atoms with Crippen molar-refractivity contribution in [1.82, 2.24) is 0 Å². The Balaban J connectivity index is 1.59. The fourth-order valence-electron chi connectivity index (χ4n) is 3.09. The second kappa shape index (κ2) is 6.74. The molecule has 0 aromatic heterocycles. The first kappa shape index (κ1) is 17.1. The molecule has 0 aliphatic carbocycles. The van der Waals surface area contributed by atoms with Crippen LogP contribution in [0.2, 0.25) is 5.02 Å². The summed E-state index contributed by atoms with van der Waals surface area (Å²) >= 11 is 7.53. The maximum Gasteiger partial charge on any atom is 0.245 e. The molecular formula is C20H16ClNO3S. The molecule has 2 atom stereocenters. The van der Waals surface area contributed by atoms with Crippen LogP contribution < -0.4 is 9.64 Å². The molecule has 0 fully saturated rings. The predicted octanol–water partition coefficient (Wildman–Crippen LogP) is 4.69. The third kappa shape index (κ3) is 2.97. The van der Waals surface area contributed by atoms with Crippen LogP contribution in [0.1, 0.15) is 5.56 Å². The van der Waals surface area contributed by atoms with Crippen molar-refractivity contribution in [1.29, 1.82) is 0 Å². The molecule has 132 valence electrons. The van der Waals surface area contributed by atoms with Gasteiger partial charge in [-0.25, -0.2) is 0 Å². The van der Waals surface area contributed by atoms with E-state index in [2.05, 4.69) is 6.08 Å². The van der Waals surface area contributed by atoms with Crippen LogP contribution in [0.15, 0.2) is 60.8 Å². The fraction of sp³-hybridized carbons (Fsp3) is 0.150. The Morgan fingerprint density at radius 3 is 2.69 bits per heavy atom. The van der Waals surface area contributed by atoms with Gasteiger partial charge in [-0.05, 0) is 29.8 Å². The van der Waals surface area contributed by atoms with Gasteiger partial charge in [0.1, 0.15) is 0 Å². The highest BCUT2D eigenvalue weighted by atomic mass is 35.5. The highest BCUT2D eigenvalue weighted by molar-refractivity contribution is 8.09. The number of benzene rings is 2. The highest BCUT2D eigenvalue weighted by Crippen LogP contribution is 2.46. The minimum Gasteiger partial charge on any atom is -0.504 e. The molecule has 2 aliphatic heterocycles. The Morgan fingerprint density at radius 2 is 1.96 bits per heavy atom. The molecule has 0 spiro atoms. The molecule has 4 nitrogen and oxygen atoms in total. The second-order valence-electron chi connectivity index (χ2n) is 6.06. The van der Waals surface area contributed by atoms with E-state index in [0.29, 0.717) is 16.5 Å². The summed E-state index contributed by atoms with van der Waals surface area (Å²) in [7, 11) is 1.48. The number of ether oxygens (including phenoxy) is 1. The summed E-state index contributed by atoms with van der Waals surface area (Å²) in [6, 6.07) is 12.5. The average Bonchev–Trinajstić information content (AvgIpc) is 3.08. The first-order valence-corrected chi connectivity index (χ1v) is 9.35. The molecule has 2 aromatic rings. The molecule has 2 heterocycles. The van der Waals surface area contributed by atoms with E-state index in [1.165, 1.54) is 13.2 Å². The quantitative estimate of drug-likeness (QED) is 0.832. The van der Waals surface area contributed by atoms with E-state index in [1.54, 1.807) is 35.0 Å². The van der Waals surface area contributed by atoms with E-state index in [1.807, 2.05) is 30.3 Å². The standard InChI is InChI=1S/C20H16ClNO3S/c1-25-17-11-15(6-7-16(17)23)22-9-8-13-10-18(26-19(13)20(22)24)12-2-4-14(21)5-3-12/h2-11,13,19,23H,1H3. The number of hydrogen-bond acceptors (Lipinski definition) is 4. The number of fused-ring (bicyclic) bond motifs is 1. The van der Waals surface area contributed by atoms with E-state index >= 15 is 0 Å². The third-order valence-corrected chi connectivity index (χ3v) is 6.10. The first-order valence-electron chi connectivity index (χ1n) is 8.09. The number of carbonyl (C=O) groups is 1. The number of rotatable bonds is 3. The van der Waals surface area contributed by atoms with Crippen LogP contribution in [0.3, 0.4) is 0 Å². The van der Waals surface area contributed by atoms with Gasteiger partial charge in [-0.3, -0.25) is 9.69 Å². The lowest BCUT2D eigenvalue weighted by molar-refractivity contribution is -0.118. The lowest BCUT2D eigenvalue weighted by atomic mass is 9.99. The number of phenols is 1.